The summed E-state index contributed by atoms with van der Waals surface area (Å²) in [5.74, 6) is -0.0930. The smallest absolute Gasteiger partial charge is 0.254 e. The summed E-state index contributed by atoms with van der Waals surface area (Å²) in [6.07, 6.45) is 6.32. The van der Waals surface area contributed by atoms with E-state index in [0.29, 0.717) is 12.1 Å². The number of aryl methyl sites for hydroxylation is 1. The quantitative estimate of drug-likeness (QED) is 0.543. The van der Waals surface area contributed by atoms with Gasteiger partial charge < -0.3 is 9.88 Å². The monoisotopic (exact) mass is 344 g/mol. The van der Waals surface area contributed by atoms with Gasteiger partial charge in [0, 0.05) is 31.0 Å². The van der Waals surface area contributed by atoms with E-state index in [9.17, 15) is 4.79 Å². The van der Waals surface area contributed by atoms with Crippen molar-refractivity contribution in [1.29, 1.82) is 0 Å². The molecule has 0 bridgehead atoms. The van der Waals surface area contributed by atoms with Crippen LogP contribution in [0.5, 0.6) is 0 Å². The summed E-state index contributed by atoms with van der Waals surface area (Å²) < 4.78 is 3.93. The third-order valence-electron chi connectivity index (χ3n) is 4.41. The number of amides is 1. The molecule has 4 aromatic rings. The third-order valence-corrected chi connectivity index (χ3v) is 4.41. The molecule has 0 saturated heterocycles. The second kappa shape index (κ2) is 7.27. The van der Waals surface area contributed by atoms with Crippen LogP contribution in [0.25, 0.3) is 16.6 Å². The summed E-state index contributed by atoms with van der Waals surface area (Å²) in [6, 6.07) is 20.2. The Bertz CT molecular complexity index is 1020. The highest BCUT2D eigenvalue weighted by Gasteiger charge is 2.09. The van der Waals surface area contributed by atoms with Gasteiger partial charge in [-0.1, -0.05) is 36.4 Å². The molecular weight excluding hydrogens is 324 g/mol. The van der Waals surface area contributed by atoms with Gasteiger partial charge in [0.25, 0.3) is 5.91 Å². The van der Waals surface area contributed by atoms with Gasteiger partial charge in [0.2, 0.25) is 0 Å². The van der Waals surface area contributed by atoms with Crippen LogP contribution in [-0.2, 0) is 6.54 Å². The van der Waals surface area contributed by atoms with Crippen LogP contribution in [0, 0.1) is 0 Å². The average Bonchev–Trinajstić information content (AvgIpc) is 3.33. The van der Waals surface area contributed by atoms with E-state index in [1.165, 1.54) is 10.9 Å². The molecule has 1 N–H and O–H groups in total. The second-order valence-electron chi connectivity index (χ2n) is 6.19. The molecule has 0 spiro atoms. The Balaban J connectivity index is 1.31. The maximum atomic E-state index is 12.3. The molecule has 2 heterocycles. The molecule has 0 saturated carbocycles. The van der Waals surface area contributed by atoms with Crippen molar-refractivity contribution in [2.75, 3.05) is 6.54 Å². The number of carbonyl (C=O) groups excluding carboxylic acids is 1. The predicted octanol–water partition coefficient (Wildman–Crippen LogP) is 3.65. The number of hydrogen-bond donors (Lipinski definition) is 1. The summed E-state index contributed by atoms with van der Waals surface area (Å²) in [7, 11) is 0. The summed E-state index contributed by atoms with van der Waals surface area (Å²) in [6.45, 7) is 1.50. The van der Waals surface area contributed by atoms with Crippen molar-refractivity contribution >= 4 is 16.8 Å². The number of nitrogens with one attached hydrogen (secondary N) is 1. The summed E-state index contributed by atoms with van der Waals surface area (Å²) in [5.41, 5.74) is 2.73. The lowest BCUT2D eigenvalue weighted by atomic mass is 10.2. The maximum absolute atomic E-state index is 12.3. The van der Waals surface area contributed by atoms with E-state index in [2.05, 4.69) is 39.4 Å². The van der Waals surface area contributed by atoms with E-state index < -0.39 is 0 Å². The topological polar surface area (TPSA) is 51.9 Å². The minimum absolute atomic E-state index is 0.0930. The highest BCUT2D eigenvalue weighted by atomic mass is 16.1. The van der Waals surface area contributed by atoms with Gasteiger partial charge in [-0.3, -0.25) is 4.79 Å². The van der Waals surface area contributed by atoms with Crippen LogP contribution in [0.15, 0.2) is 79.3 Å². The zero-order valence-corrected chi connectivity index (χ0v) is 14.4. The van der Waals surface area contributed by atoms with E-state index in [1.54, 1.807) is 17.1 Å². The van der Waals surface area contributed by atoms with Crippen molar-refractivity contribution in [3.8, 4) is 5.69 Å². The molecular formula is C21H20N4O. The number of aromatic nitrogens is 3. The molecule has 5 nitrogen and oxygen atoms in total. The van der Waals surface area contributed by atoms with Crippen LogP contribution in [0.1, 0.15) is 16.8 Å². The van der Waals surface area contributed by atoms with Crippen LogP contribution in [0.4, 0.5) is 0 Å². The lowest BCUT2D eigenvalue weighted by Crippen LogP contribution is -2.24. The first-order valence-electron chi connectivity index (χ1n) is 8.73. The average molecular weight is 344 g/mol. The van der Waals surface area contributed by atoms with Gasteiger partial charge in [0.1, 0.15) is 0 Å². The van der Waals surface area contributed by atoms with Crippen LogP contribution in [0.2, 0.25) is 0 Å². The normalized spacial score (nSPS) is 10.9. The van der Waals surface area contributed by atoms with E-state index in [0.717, 1.165) is 18.7 Å². The molecule has 0 fully saturated rings. The number of benzene rings is 2. The van der Waals surface area contributed by atoms with E-state index >= 15 is 0 Å². The molecule has 0 aliphatic heterocycles. The highest BCUT2D eigenvalue weighted by molar-refractivity contribution is 5.93. The van der Waals surface area contributed by atoms with Gasteiger partial charge >= 0.3 is 0 Å². The fourth-order valence-electron chi connectivity index (χ4n) is 3.05. The molecule has 1 amide bonds. The van der Waals surface area contributed by atoms with Crippen molar-refractivity contribution < 1.29 is 4.79 Å². The molecule has 2 aromatic heterocycles. The minimum atomic E-state index is -0.0930. The first-order chi connectivity index (χ1) is 12.8. The predicted molar refractivity (Wildman–Crippen MR) is 102 cm³/mol. The minimum Gasteiger partial charge on any atom is -0.352 e. The number of fused-ring (bicyclic) bond motifs is 1. The van der Waals surface area contributed by atoms with Crippen molar-refractivity contribution in [2.24, 2.45) is 0 Å². The summed E-state index contributed by atoms with van der Waals surface area (Å²) in [5, 5.41) is 8.47. The molecule has 2 aromatic carbocycles. The molecule has 0 radical (unpaired) electrons. The van der Waals surface area contributed by atoms with Crippen LogP contribution in [0.3, 0.4) is 0 Å². The fourth-order valence-corrected chi connectivity index (χ4v) is 3.05. The van der Waals surface area contributed by atoms with Gasteiger partial charge in [-0.2, -0.15) is 5.10 Å². The highest BCUT2D eigenvalue weighted by Crippen LogP contribution is 2.15. The van der Waals surface area contributed by atoms with Crippen molar-refractivity contribution in [2.45, 2.75) is 13.0 Å². The molecule has 4 rings (SSSR count). The Labute approximate surface area is 151 Å². The Morgan fingerprint density at radius 2 is 1.81 bits per heavy atom. The second-order valence-corrected chi connectivity index (χ2v) is 6.19. The maximum Gasteiger partial charge on any atom is 0.254 e. The van der Waals surface area contributed by atoms with Gasteiger partial charge in [-0.05, 0) is 36.1 Å². The Hall–Kier alpha value is -3.34. The third kappa shape index (κ3) is 3.37. The van der Waals surface area contributed by atoms with Gasteiger partial charge in [-0.15, -0.1) is 0 Å². The largest absolute Gasteiger partial charge is 0.352 e. The number of carbonyl (C=O) groups is 1. The zero-order chi connectivity index (χ0) is 17.8. The molecule has 0 aliphatic carbocycles. The lowest BCUT2D eigenvalue weighted by Gasteiger charge is -2.06. The standard InChI is InChI=1S/C21H20N4O/c26-21(18-15-23-25(16-18)19-8-2-1-3-9-19)22-12-6-13-24-14-11-17-7-4-5-10-20(17)24/h1-5,7-11,14-16H,6,12-13H2,(H,22,26). The molecule has 130 valence electrons. The summed E-state index contributed by atoms with van der Waals surface area (Å²) >= 11 is 0. The van der Waals surface area contributed by atoms with Crippen LogP contribution >= 0.6 is 0 Å². The van der Waals surface area contributed by atoms with Gasteiger partial charge in [-0.25, -0.2) is 4.68 Å². The first kappa shape index (κ1) is 16.1. The molecule has 0 atom stereocenters. The Kier molecular flexibility index (Phi) is 4.51. The first-order valence-corrected chi connectivity index (χ1v) is 8.73. The number of hydrogen-bond acceptors (Lipinski definition) is 2. The Morgan fingerprint density at radius 3 is 2.69 bits per heavy atom. The van der Waals surface area contributed by atoms with Crippen LogP contribution < -0.4 is 5.32 Å². The van der Waals surface area contributed by atoms with Crippen molar-refractivity contribution in [3.63, 3.8) is 0 Å². The van der Waals surface area contributed by atoms with Crippen LogP contribution in [-0.4, -0.2) is 26.8 Å². The van der Waals surface area contributed by atoms with E-state index in [1.807, 2.05) is 42.5 Å². The lowest BCUT2D eigenvalue weighted by molar-refractivity contribution is 0.0953. The molecule has 0 aliphatic rings. The number of nitrogens with zero attached hydrogens (tertiary/aromatic N) is 3. The van der Waals surface area contributed by atoms with Crippen molar-refractivity contribution in [3.05, 3.63) is 84.8 Å². The summed E-state index contributed by atoms with van der Waals surface area (Å²) in [4.78, 5) is 12.3. The molecule has 0 unspecified atom stereocenters. The number of rotatable bonds is 6. The van der Waals surface area contributed by atoms with E-state index in [-0.39, 0.29) is 5.91 Å². The van der Waals surface area contributed by atoms with Gasteiger partial charge in [0.15, 0.2) is 0 Å². The zero-order valence-electron chi connectivity index (χ0n) is 14.4. The number of para-hydroxylation sites is 2. The Morgan fingerprint density at radius 1 is 1.00 bits per heavy atom. The molecule has 26 heavy (non-hydrogen) atoms. The fraction of sp³-hybridized carbons (Fsp3) is 0.143. The van der Waals surface area contributed by atoms with Crippen molar-refractivity contribution in [1.82, 2.24) is 19.7 Å². The molecule has 5 heteroatoms. The van der Waals surface area contributed by atoms with E-state index in [4.69, 9.17) is 0 Å². The SMILES string of the molecule is O=C(NCCCn1ccc2ccccc21)c1cnn(-c2ccccc2)c1. The van der Waals surface area contributed by atoms with Gasteiger partial charge in [0.05, 0.1) is 17.4 Å².